The van der Waals surface area contributed by atoms with E-state index in [1.54, 1.807) is 30.3 Å². The van der Waals surface area contributed by atoms with Gasteiger partial charge in [-0.3, -0.25) is 19.0 Å². The Morgan fingerprint density at radius 2 is 2.03 bits per heavy atom. The van der Waals surface area contributed by atoms with Crippen molar-refractivity contribution in [3.8, 4) is 0 Å². The summed E-state index contributed by atoms with van der Waals surface area (Å²) in [7, 11) is 0. The number of pyridine rings is 1. The number of nitrogens with zero attached hydrogens (tertiary/aromatic N) is 3. The fourth-order valence-electron chi connectivity index (χ4n) is 2.87. The summed E-state index contributed by atoms with van der Waals surface area (Å²) in [5.41, 5.74) is 0.761. The van der Waals surface area contributed by atoms with Crippen LogP contribution in [-0.2, 0) is 20.9 Å². The number of para-hydroxylation sites is 1. The Kier molecular flexibility index (Phi) is 5.20. The van der Waals surface area contributed by atoms with Gasteiger partial charge in [0, 0.05) is 11.6 Å². The van der Waals surface area contributed by atoms with E-state index in [0.717, 1.165) is 4.57 Å². The van der Waals surface area contributed by atoms with Crippen molar-refractivity contribution < 1.29 is 18.7 Å². The van der Waals surface area contributed by atoms with Gasteiger partial charge in [-0.15, -0.1) is 0 Å². The van der Waals surface area contributed by atoms with Gasteiger partial charge in [0.2, 0.25) is 5.58 Å². The lowest BCUT2D eigenvalue weighted by Crippen LogP contribution is -2.33. The normalized spacial score (nSPS) is 12.1. The summed E-state index contributed by atoms with van der Waals surface area (Å²) in [6, 6.07) is 10.3. The third kappa shape index (κ3) is 3.74. The number of benzene rings is 1. The molecule has 0 aliphatic carbocycles. The summed E-state index contributed by atoms with van der Waals surface area (Å²) in [6.07, 6.45) is 1.60. The third-order valence-corrected chi connectivity index (χ3v) is 4.65. The van der Waals surface area contributed by atoms with Gasteiger partial charge in [-0.2, -0.15) is 0 Å². The minimum Gasteiger partial charge on any atom is -0.451 e. The predicted molar refractivity (Wildman–Crippen MR) is 109 cm³/mol. The average Bonchev–Trinajstić information content (AvgIpc) is 3.11. The monoisotopic (exact) mass is 426 g/mol. The number of amides is 1. The molecule has 0 saturated carbocycles. The molecule has 1 aromatic carbocycles. The number of esters is 1. The van der Waals surface area contributed by atoms with Crippen LogP contribution in [0.15, 0.2) is 58.1 Å². The van der Waals surface area contributed by atoms with Crippen molar-refractivity contribution in [1.82, 2.24) is 14.5 Å². The van der Waals surface area contributed by atoms with E-state index >= 15 is 0 Å². The number of ether oxygens (including phenoxy) is 1. The maximum Gasteiger partial charge on any atom is 0.326 e. The number of hydrogen-bond acceptors (Lipinski definition) is 7. The van der Waals surface area contributed by atoms with Crippen molar-refractivity contribution in [1.29, 1.82) is 0 Å². The molecule has 0 aliphatic heterocycles. The van der Waals surface area contributed by atoms with Crippen LogP contribution >= 0.6 is 11.6 Å². The highest BCUT2D eigenvalue weighted by Gasteiger charge is 2.20. The van der Waals surface area contributed by atoms with E-state index in [1.807, 2.05) is 6.07 Å². The van der Waals surface area contributed by atoms with E-state index in [-0.39, 0.29) is 10.7 Å². The molecule has 0 spiro atoms. The molecule has 152 valence electrons. The van der Waals surface area contributed by atoms with Gasteiger partial charge in [0.05, 0.1) is 12.0 Å². The van der Waals surface area contributed by atoms with Gasteiger partial charge in [0.1, 0.15) is 17.6 Å². The fourth-order valence-corrected chi connectivity index (χ4v) is 3.04. The van der Waals surface area contributed by atoms with Crippen molar-refractivity contribution >= 4 is 51.2 Å². The van der Waals surface area contributed by atoms with E-state index < -0.39 is 30.1 Å². The molecule has 0 unspecified atom stereocenters. The molecule has 10 heteroatoms. The van der Waals surface area contributed by atoms with Crippen molar-refractivity contribution in [2.75, 3.05) is 5.32 Å². The molecule has 4 rings (SSSR count). The van der Waals surface area contributed by atoms with Crippen LogP contribution in [0.1, 0.15) is 6.92 Å². The molecule has 0 radical (unpaired) electrons. The number of nitrogens with one attached hydrogen (secondary N) is 1. The Bertz CT molecular complexity index is 1330. The number of carbonyl (C=O) groups excluding carboxylic acids is 2. The Labute approximate surface area is 174 Å². The first-order valence-electron chi connectivity index (χ1n) is 8.91. The molecule has 0 aliphatic rings. The maximum absolute atomic E-state index is 12.7. The van der Waals surface area contributed by atoms with E-state index in [9.17, 15) is 14.4 Å². The van der Waals surface area contributed by atoms with E-state index in [0.29, 0.717) is 22.2 Å². The molecule has 0 bridgehead atoms. The SMILES string of the molecule is C[C@H](OC(=O)Cn1cnc2c(oc3ccccc32)c1=O)C(=O)Nc1cccnc1Cl. The van der Waals surface area contributed by atoms with Gasteiger partial charge < -0.3 is 14.5 Å². The zero-order valence-corrected chi connectivity index (χ0v) is 16.4. The first-order valence-corrected chi connectivity index (χ1v) is 9.29. The molecular weight excluding hydrogens is 412 g/mol. The molecule has 3 heterocycles. The molecule has 30 heavy (non-hydrogen) atoms. The highest BCUT2D eigenvalue weighted by atomic mass is 35.5. The number of fused-ring (bicyclic) bond motifs is 3. The lowest BCUT2D eigenvalue weighted by Gasteiger charge is -2.14. The standard InChI is InChI=1S/C20H15ClN4O5/c1-11(19(27)24-13-6-4-8-22-18(13)21)29-15(26)9-25-10-23-16-12-5-2-3-7-14(12)30-17(16)20(25)28/h2-8,10-11H,9H2,1H3,(H,24,27)/t11-/m0/s1. The molecule has 0 saturated heterocycles. The number of furan rings is 1. The molecule has 3 aromatic heterocycles. The van der Waals surface area contributed by atoms with Gasteiger partial charge >= 0.3 is 5.97 Å². The van der Waals surface area contributed by atoms with Gasteiger partial charge in [0.25, 0.3) is 11.5 Å². The van der Waals surface area contributed by atoms with Crippen molar-refractivity contribution in [3.63, 3.8) is 0 Å². The highest BCUT2D eigenvalue weighted by molar-refractivity contribution is 6.32. The summed E-state index contributed by atoms with van der Waals surface area (Å²) in [5, 5.41) is 3.34. The van der Waals surface area contributed by atoms with Crippen LogP contribution in [-0.4, -0.2) is 32.5 Å². The van der Waals surface area contributed by atoms with Gasteiger partial charge in [-0.1, -0.05) is 23.7 Å². The second kappa shape index (κ2) is 7.96. The molecule has 1 N–H and O–H groups in total. The molecule has 1 atom stereocenters. The lowest BCUT2D eigenvalue weighted by molar-refractivity contribution is -0.153. The van der Waals surface area contributed by atoms with Crippen molar-refractivity contribution in [2.24, 2.45) is 0 Å². The Balaban J connectivity index is 1.47. The second-order valence-electron chi connectivity index (χ2n) is 6.42. The third-order valence-electron chi connectivity index (χ3n) is 4.34. The van der Waals surface area contributed by atoms with Crippen LogP contribution in [0.2, 0.25) is 5.15 Å². The second-order valence-corrected chi connectivity index (χ2v) is 6.77. The van der Waals surface area contributed by atoms with Crippen LogP contribution in [0.25, 0.3) is 22.1 Å². The number of anilines is 1. The molecular formula is C20H15ClN4O5. The first-order chi connectivity index (χ1) is 14.4. The van der Waals surface area contributed by atoms with Gasteiger partial charge in [-0.05, 0) is 31.2 Å². The summed E-state index contributed by atoms with van der Waals surface area (Å²) in [5.74, 6) is -1.37. The molecule has 4 aromatic rings. The number of aromatic nitrogens is 3. The molecule has 0 fully saturated rings. The minimum absolute atomic E-state index is 0.0449. The van der Waals surface area contributed by atoms with E-state index in [4.69, 9.17) is 20.8 Å². The zero-order chi connectivity index (χ0) is 21.3. The van der Waals surface area contributed by atoms with Gasteiger partial charge in [0.15, 0.2) is 11.3 Å². The van der Waals surface area contributed by atoms with Crippen LogP contribution in [0.5, 0.6) is 0 Å². The van der Waals surface area contributed by atoms with Crippen LogP contribution in [0.4, 0.5) is 5.69 Å². The van der Waals surface area contributed by atoms with Crippen molar-refractivity contribution in [3.05, 3.63) is 64.4 Å². The summed E-state index contributed by atoms with van der Waals surface area (Å²) < 4.78 is 11.8. The summed E-state index contributed by atoms with van der Waals surface area (Å²) in [4.78, 5) is 45.2. The summed E-state index contributed by atoms with van der Waals surface area (Å²) in [6.45, 7) is 0.977. The lowest BCUT2D eigenvalue weighted by atomic mass is 10.2. The van der Waals surface area contributed by atoms with Gasteiger partial charge in [-0.25, -0.2) is 9.97 Å². The minimum atomic E-state index is -1.12. The van der Waals surface area contributed by atoms with Crippen LogP contribution in [0.3, 0.4) is 0 Å². The topological polar surface area (TPSA) is 116 Å². The quantitative estimate of drug-likeness (QED) is 0.385. The van der Waals surface area contributed by atoms with E-state index in [2.05, 4.69) is 15.3 Å². The number of halogens is 1. The van der Waals surface area contributed by atoms with Crippen LogP contribution < -0.4 is 10.9 Å². The number of rotatable bonds is 5. The average molecular weight is 427 g/mol. The summed E-state index contributed by atoms with van der Waals surface area (Å²) >= 11 is 5.89. The Hall–Kier alpha value is -3.72. The zero-order valence-electron chi connectivity index (χ0n) is 15.7. The van der Waals surface area contributed by atoms with Crippen molar-refractivity contribution in [2.45, 2.75) is 19.6 Å². The largest absolute Gasteiger partial charge is 0.451 e. The van der Waals surface area contributed by atoms with E-state index in [1.165, 1.54) is 19.4 Å². The van der Waals surface area contributed by atoms with Crippen LogP contribution in [0, 0.1) is 0 Å². The number of carbonyl (C=O) groups is 2. The maximum atomic E-state index is 12.7. The Morgan fingerprint density at radius 3 is 2.83 bits per heavy atom. The Morgan fingerprint density at radius 1 is 1.23 bits per heavy atom. The fraction of sp³-hybridized carbons (Fsp3) is 0.150. The molecule has 1 amide bonds. The first kappa shape index (κ1) is 19.6. The highest BCUT2D eigenvalue weighted by Crippen LogP contribution is 2.24. The number of hydrogen-bond donors (Lipinski definition) is 1. The predicted octanol–water partition coefficient (Wildman–Crippen LogP) is 2.76. The smallest absolute Gasteiger partial charge is 0.326 e. The molecule has 9 nitrogen and oxygen atoms in total.